The predicted molar refractivity (Wildman–Crippen MR) is 83.2 cm³/mol. The summed E-state index contributed by atoms with van der Waals surface area (Å²) in [6, 6.07) is 9.96. The molecule has 3 rings (SSSR count). The van der Waals surface area contributed by atoms with Gasteiger partial charge < -0.3 is 4.74 Å². The fourth-order valence-electron chi connectivity index (χ4n) is 3.13. The van der Waals surface area contributed by atoms with Crippen molar-refractivity contribution in [2.24, 2.45) is 5.92 Å². The van der Waals surface area contributed by atoms with E-state index >= 15 is 0 Å². The topological polar surface area (TPSA) is 39.2 Å². The first-order valence-corrected chi connectivity index (χ1v) is 7.72. The summed E-state index contributed by atoms with van der Waals surface area (Å²) in [4.78, 5) is 16.6. The fraction of sp³-hybridized carbons (Fsp3) is 0.444. The van der Waals surface area contributed by atoms with Crippen molar-refractivity contribution in [2.75, 3.05) is 6.61 Å². The maximum Gasteiger partial charge on any atom is 0.137 e. The van der Waals surface area contributed by atoms with Gasteiger partial charge in [0.15, 0.2) is 0 Å². The molecule has 1 aliphatic rings. The molecule has 0 spiro atoms. The molecule has 2 aromatic rings. The highest BCUT2D eigenvalue weighted by molar-refractivity contribution is 5.89. The lowest BCUT2D eigenvalue weighted by Crippen LogP contribution is -2.33. The molecule has 0 unspecified atom stereocenters. The average Bonchev–Trinajstić information content (AvgIpc) is 2.45. The number of pyridine rings is 1. The van der Waals surface area contributed by atoms with Gasteiger partial charge in [-0.05, 0) is 43.4 Å². The second-order valence-electron chi connectivity index (χ2n) is 5.82. The van der Waals surface area contributed by atoms with Gasteiger partial charge in [0.1, 0.15) is 5.78 Å². The summed E-state index contributed by atoms with van der Waals surface area (Å²) in [6.45, 7) is 2.79. The maximum atomic E-state index is 12.3. The van der Waals surface area contributed by atoms with Gasteiger partial charge in [-0.2, -0.15) is 0 Å². The lowest BCUT2D eigenvalue weighted by atomic mass is 9.78. The average molecular weight is 283 g/mol. The van der Waals surface area contributed by atoms with Gasteiger partial charge in [-0.1, -0.05) is 18.2 Å². The zero-order chi connectivity index (χ0) is 14.7. The van der Waals surface area contributed by atoms with Gasteiger partial charge >= 0.3 is 0 Å². The normalized spacial score (nSPS) is 21.2. The van der Waals surface area contributed by atoms with Crippen molar-refractivity contribution in [3.63, 3.8) is 0 Å². The molecule has 0 atom stereocenters. The number of ether oxygens (including phenoxy) is 1. The highest BCUT2D eigenvalue weighted by atomic mass is 16.5. The largest absolute Gasteiger partial charge is 0.378 e. The Hall–Kier alpha value is -1.74. The Balaban J connectivity index is 1.60. The van der Waals surface area contributed by atoms with E-state index in [0.29, 0.717) is 30.6 Å². The van der Waals surface area contributed by atoms with Crippen LogP contribution in [0.4, 0.5) is 0 Å². The van der Waals surface area contributed by atoms with Crippen LogP contribution in [0.2, 0.25) is 0 Å². The van der Waals surface area contributed by atoms with E-state index in [1.54, 1.807) is 6.20 Å². The number of hydrogen-bond donors (Lipinski definition) is 0. The summed E-state index contributed by atoms with van der Waals surface area (Å²) in [5.74, 6) is 0.841. The third-order valence-corrected chi connectivity index (χ3v) is 4.24. The summed E-state index contributed by atoms with van der Waals surface area (Å²) in [6.07, 6.45) is 5.45. The number of carbonyl (C=O) groups is 1. The molecule has 0 saturated heterocycles. The maximum absolute atomic E-state index is 12.3. The molecule has 0 radical (unpaired) electrons. The SMILES string of the molecule is CCOC1CC(CC(=O)Cc2ccnc3ccccc23)C1. The lowest BCUT2D eigenvalue weighted by Gasteiger charge is -2.34. The molecule has 3 heteroatoms. The minimum Gasteiger partial charge on any atom is -0.378 e. The number of aromatic nitrogens is 1. The first-order chi connectivity index (χ1) is 10.3. The van der Waals surface area contributed by atoms with Crippen molar-refractivity contribution in [3.8, 4) is 0 Å². The zero-order valence-corrected chi connectivity index (χ0v) is 12.4. The molecule has 110 valence electrons. The van der Waals surface area contributed by atoms with Gasteiger partial charge in [-0.25, -0.2) is 0 Å². The van der Waals surface area contributed by atoms with Crippen LogP contribution in [0, 0.1) is 5.92 Å². The lowest BCUT2D eigenvalue weighted by molar-refractivity contribution is -0.121. The molecule has 21 heavy (non-hydrogen) atoms. The van der Waals surface area contributed by atoms with E-state index in [1.165, 1.54) is 0 Å². The molecule has 0 aliphatic heterocycles. The molecule has 0 bridgehead atoms. The first-order valence-electron chi connectivity index (χ1n) is 7.72. The molecule has 1 aliphatic carbocycles. The number of nitrogens with zero attached hydrogens (tertiary/aromatic N) is 1. The van der Waals surface area contributed by atoms with E-state index in [-0.39, 0.29) is 0 Å². The Morgan fingerprint density at radius 2 is 2.10 bits per heavy atom. The van der Waals surface area contributed by atoms with E-state index in [1.807, 2.05) is 37.3 Å². The molecule has 1 saturated carbocycles. The molecule has 0 N–H and O–H groups in total. The second kappa shape index (κ2) is 6.35. The zero-order valence-electron chi connectivity index (χ0n) is 12.4. The monoisotopic (exact) mass is 283 g/mol. The number of benzene rings is 1. The minimum atomic E-state index is 0.325. The number of ketones is 1. The Kier molecular flexibility index (Phi) is 4.30. The highest BCUT2D eigenvalue weighted by Gasteiger charge is 2.30. The molecule has 1 heterocycles. The minimum absolute atomic E-state index is 0.325. The van der Waals surface area contributed by atoms with Crippen LogP contribution in [0.1, 0.15) is 31.7 Å². The smallest absolute Gasteiger partial charge is 0.137 e. The van der Waals surface area contributed by atoms with Crippen LogP contribution >= 0.6 is 0 Å². The summed E-state index contributed by atoms with van der Waals surface area (Å²) in [7, 11) is 0. The number of rotatable bonds is 6. The van der Waals surface area contributed by atoms with Crippen LogP contribution in [0.3, 0.4) is 0 Å². The van der Waals surface area contributed by atoms with Gasteiger partial charge in [0.25, 0.3) is 0 Å². The second-order valence-corrected chi connectivity index (χ2v) is 5.82. The standard InChI is InChI=1S/C18H21NO2/c1-2-21-16-10-13(11-16)9-15(20)12-14-7-8-19-18-6-4-3-5-17(14)18/h3-8,13,16H,2,9-12H2,1H3. The van der Waals surface area contributed by atoms with Crippen LogP contribution in [0.15, 0.2) is 36.5 Å². The summed E-state index contributed by atoms with van der Waals surface area (Å²) >= 11 is 0. The van der Waals surface area contributed by atoms with E-state index in [4.69, 9.17) is 4.74 Å². The van der Waals surface area contributed by atoms with E-state index in [0.717, 1.165) is 35.9 Å². The van der Waals surface area contributed by atoms with E-state index in [2.05, 4.69) is 4.98 Å². The van der Waals surface area contributed by atoms with Crippen LogP contribution in [0.25, 0.3) is 10.9 Å². The molecule has 1 fully saturated rings. The predicted octanol–water partition coefficient (Wildman–Crippen LogP) is 3.55. The van der Waals surface area contributed by atoms with Gasteiger partial charge in [-0.15, -0.1) is 0 Å². The van der Waals surface area contributed by atoms with Crippen molar-refractivity contribution < 1.29 is 9.53 Å². The number of Topliss-reactive ketones (excluding diaryl/α,β-unsaturated/α-hetero) is 1. The van der Waals surface area contributed by atoms with Crippen molar-refractivity contribution in [3.05, 3.63) is 42.1 Å². The van der Waals surface area contributed by atoms with Crippen molar-refractivity contribution in [1.82, 2.24) is 4.98 Å². The molecular weight excluding hydrogens is 262 g/mol. The van der Waals surface area contributed by atoms with Crippen LogP contribution in [-0.4, -0.2) is 23.5 Å². The van der Waals surface area contributed by atoms with Gasteiger partial charge in [0, 0.05) is 31.0 Å². The van der Waals surface area contributed by atoms with Gasteiger partial charge in [0.05, 0.1) is 11.6 Å². The van der Waals surface area contributed by atoms with E-state index in [9.17, 15) is 4.79 Å². The Labute approximate surface area is 125 Å². The third kappa shape index (κ3) is 3.30. The van der Waals surface area contributed by atoms with Crippen molar-refractivity contribution in [2.45, 2.75) is 38.7 Å². The molecule has 0 amide bonds. The first kappa shape index (κ1) is 14.2. The highest BCUT2D eigenvalue weighted by Crippen LogP contribution is 2.33. The molecule has 1 aromatic carbocycles. The Bertz CT molecular complexity index is 627. The van der Waals surface area contributed by atoms with Crippen molar-refractivity contribution >= 4 is 16.7 Å². The molecule has 3 nitrogen and oxygen atoms in total. The van der Waals surface area contributed by atoms with Crippen LogP contribution in [-0.2, 0) is 16.0 Å². The number of carbonyl (C=O) groups excluding carboxylic acids is 1. The quantitative estimate of drug-likeness (QED) is 0.814. The summed E-state index contributed by atoms with van der Waals surface area (Å²) in [5, 5.41) is 1.09. The third-order valence-electron chi connectivity index (χ3n) is 4.24. The summed E-state index contributed by atoms with van der Waals surface area (Å²) < 4.78 is 5.55. The van der Waals surface area contributed by atoms with Crippen LogP contribution < -0.4 is 0 Å². The number of fused-ring (bicyclic) bond motifs is 1. The molecule has 1 aromatic heterocycles. The Morgan fingerprint density at radius 1 is 1.29 bits per heavy atom. The fourth-order valence-corrected chi connectivity index (χ4v) is 3.13. The number of hydrogen-bond acceptors (Lipinski definition) is 3. The number of para-hydroxylation sites is 1. The molecular formula is C18H21NO2. The van der Waals surface area contributed by atoms with E-state index < -0.39 is 0 Å². The van der Waals surface area contributed by atoms with Gasteiger partial charge in [0.2, 0.25) is 0 Å². The summed E-state index contributed by atoms with van der Waals surface area (Å²) in [5.41, 5.74) is 2.05. The van der Waals surface area contributed by atoms with Crippen molar-refractivity contribution in [1.29, 1.82) is 0 Å². The Morgan fingerprint density at radius 3 is 2.90 bits per heavy atom. The van der Waals surface area contributed by atoms with Crippen LogP contribution in [0.5, 0.6) is 0 Å². The van der Waals surface area contributed by atoms with Gasteiger partial charge in [-0.3, -0.25) is 9.78 Å².